The van der Waals surface area contributed by atoms with Crippen molar-refractivity contribution in [3.63, 3.8) is 0 Å². The molecule has 3 nitrogen and oxygen atoms in total. The van der Waals surface area contributed by atoms with E-state index in [4.69, 9.17) is 4.98 Å². The van der Waals surface area contributed by atoms with Gasteiger partial charge < -0.3 is 4.90 Å². The van der Waals surface area contributed by atoms with Crippen LogP contribution in [0.5, 0.6) is 0 Å². The van der Waals surface area contributed by atoms with Gasteiger partial charge in [-0.05, 0) is 49.1 Å². The fraction of sp³-hybridized carbons (Fsp3) is 0.476. The van der Waals surface area contributed by atoms with Crippen molar-refractivity contribution in [1.82, 2.24) is 9.88 Å². The third-order valence-corrected chi connectivity index (χ3v) is 4.86. The predicted molar refractivity (Wildman–Crippen MR) is 102 cm³/mol. The van der Waals surface area contributed by atoms with E-state index >= 15 is 0 Å². The Hall–Kier alpha value is -1.87. The van der Waals surface area contributed by atoms with Crippen LogP contribution in [0.3, 0.4) is 0 Å². The van der Waals surface area contributed by atoms with Crippen LogP contribution < -0.4 is 4.90 Å². The zero-order valence-electron chi connectivity index (χ0n) is 15.2. The van der Waals surface area contributed by atoms with Crippen LogP contribution in [0.15, 0.2) is 48.7 Å². The van der Waals surface area contributed by atoms with E-state index in [1.165, 1.54) is 37.9 Å². The van der Waals surface area contributed by atoms with E-state index in [9.17, 15) is 0 Å². The number of rotatable bonds is 5. The number of aromatic nitrogens is 1. The average molecular weight is 323 g/mol. The second-order valence-corrected chi connectivity index (χ2v) is 7.24. The van der Waals surface area contributed by atoms with Crippen molar-refractivity contribution in [2.45, 2.75) is 39.2 Å². The Kier molecular flexibility index (Phi) is 5.52. The fourth-order valence-electron chi connectivity index (χ4n) is 3.63. The number of piperidine rings is 1. The first-order valence-corrected chi connectivity index (χ1v) is 9.14. The topological polar surface area (TPSA) is 19.4 Å². The Balaban J connectivity index is 1.75. The van der Waals surface area contributed by atoms with E-state index < -0.39 is 0 Å². The quantitative estimate of drug-likeness (QED) is 0.769. The van der Waals surface area contributed by atoms with E-state index in [0.29, 0.717) is 12.0 Å². The molecule has 2 heterocycles. The lowest BCUT2D eigenvalue weighted by Crippen LogP contribution is -2.36. The van der Waals surface area contributed by atoms with Gasteiger partial charge in [0.25, 0.3) is 0 Å². The van der Waals surface area contributed by atoms with Crippen LogP contribution in [0.1, 0.15) is 44.7 Å². The van der Waals surface area contributed by atoms with E-state index in [0.717, 1.165) is 11.5 Å². The molecular weight excluding hydrogens is 294 g/mol. The second kappa shape index (κ2) is 7.80. The Bertz CT molecular complexity index is 621. The number of pyridine rings is 1. The number of hydrogen-bond donors (Lipinski definition) is 0. The third-order valence-electron chi connectivity index (χ3n) is 4.86. The van der Waals surface area contributed by atoms with Crippen LogP contribution in [0.25, 0.3) is 0 Å². The Morgan fingerprint density at radius 1 is 1.12 bits per heavy atom. The number of nitrogens with zero attached hydrogens (tertiary/aromatic N) is 3. The highest BCUT2D eigenvalue weighted by Gasteiger charge is 2.24. The first kappa shape index (κ1) is 17.0. The van der Waals surface area contributed by atoms with Gasteiger partial charge in [-0.3, -0.25) is 4.90 Å². The maximum absolute atomic E-state index is 4.74. The van der Waals surface area contributed by atoms with Crippen LogP contribution in [0, 0.1) is 5.92 Å². The van der Waals surface area contributed by atoms with E-state index in [1.54, 1.807) is 0 Å². The Labute approximate surface area is 146 Å². The molecule has 0 spiro atoms. The maximum atomic E-state index is 4.74. The van der Waals surface area contributed by atoms with Crippen LogP contribution in [-0.4, -0.2) is 30.0 Å². The molecule has 1 unspecified atom stereocenters. The lowest BCUT2D eigenvalue weighted by atomic mass is 9.95. The van der Waals surface area contributed by atoms with Gasteiger partial charge in [0.1, 0.15) is 5.82 Å². The smallest absolute Gasteiger partial charge is 0.132 e. The minimum Gasteiger partial charge on any atom is -0.329 e. The van der Waals surface area contributed by atoms with Crippen LogP contribution in [-0.2, 0) is 0 Å². The molecular formula is C21H29N3. The molecule has 128 valence electrons. The predicted octanol–water partition coefficient (Wildman–Crippen LogP) is 5.03. The van der Waals surface area contributed by atoms with Crippen molar-refractivity contribution in [2.24, 2.45) is 5.92 Å². The zero-order chi connectivity index (χ0) is 16.9. The highest BCUT2D eigenvalue weighted by Crippen LogP contribution is 2.32. The summed E-state index contributed by atoms with van der Waals surface area (Å²) in [6.07, 6.45) is 5.98. The van der Waals surface area contributed by atoms with Gasteiger partial charge in [-0.2, -0.15) is 0 Å². The van der Waals surface area contributed by atoms with Gasteiger partial charge in [0.05, 0.1) is 0 Å². The summed E-state index contributed by atoms with van der Waals surface area (Å²) in [7, 11) is 2.07. The summed E-state index contributed by atoms with van der Waals surface area (Å²) in [5.41, 5.74) is 2.53. The van der Waals surface area contributed by atoms with Crippen molar-refractivity contribution in [1.29, 1.82) is 0 Å². The van der Waals surface area contributed by atoms with Crippen molar-refractivity contribution in [2.75, 3.05) is 25.0 Å². The summed E-state index contributed by atoms with van der Waals surface area (Å²) in [6, 6.07) is 15.3. The SMILES string of the molecule is CC(C)CN1CCCCC1c1ccc(N(C)c2ccccc2)nc1. The number of benzene rings is 1. The van der Waals surface area contributed by atoms with Gasteiger partial charge in [0.2, 0.25) is 0 Å². The lowest BCUT2D eigenvalue weighted by molar-refractivity contribution is 0.132. The van der Waals surface area contributed by atoms with Crippen LogP contribution in [0.4, 0.5) is 11.5 Å². The molecule has 1 aromatic heterocycles. The zero-order valence-corrected chi connectivity index (χ0v) is 15.2. The van der Waals surface area contributed by atoms with Crippen molar-refractivity contribution < 1.29 is 0 Å². The lowest BCUT2D eigenvalue weighted by Gasteiger charge is -2.37. The van der Waals surface area contributed by atoms with Crippen molar-refractivity contribution in [3.8, 4) is 0 Å². The van der Waals surface area contributed by atoms with Gasteiger partial charge in [-0.15, -0.1) is 0 Å². The van der Waals surface area contributed by atoms with Crippen molar-refractivity contribution in [3.05, 3.63) is 54.2 Å². The molecule has 0 saturated carbocycles. The van der Waals surface area contributed by atoms with Gasteiger partial charge in [0.15, 0.2) is 0 Å². The highest BCUT2D eigenvalue weighted by atomic mass is 15.2. The summed E-state index contributed by atoms with van der Waals surface area (Å²) in [4.78, 5) is 9.52. The average Bonchev–Trinajstić information content (AvgIpc) is 2.62. The van der Waals surface area contributed by atoms with Crippen LogP contribution in [0.2, 0.25) is 0 Å². The minimum atomic E-state index is 0.532. The van der Waals surface area contributed by atoms with Gasteiger partial charge >= 0.3 is 0 Å². The van der Waals surface area contributed by atoms with E-state index in [-0.39, 0.29) is 0 Å². The maximum Gasteiger partial charge on any atom is 0.132 e. The third kappa shape index (κ3) is 3.96. The molecule has 3 heteroatoms. The molecule has 24 heavy (non-hydrogen) atoms. The molecule has 0 radical (unpaired) electrons. The first-order valence-electron chi connectivity index (χ1n) is 9.14. The Morgan fingerprint density at radius 2 is 1.92 bits per heavy atom. The first-order chi connectivity index (χ1) is 11.6. The summed E-state index contributed by atoms with van der Waals surface area (Å²) in [5, 5.41) is 0. The molecule has 3 rings (SSSR count). The fourth-order valence-corrected chi connectivity index (χ4v) is 3.63. The normalized spacial score (nSPS) is 18.8. The number of para-hydroxylation sites is 1. The Morgan fingerprint density at radius 3 is 2.58 bits per heavy atom. The molecule has 1 saturated heterocycles. The molecule has 0 amide bonds. The molecule has 0 aliphatic carbocycles. The van der Waals surface area contributed by atoms with Crippen molar-refractivity contribution >= 4 is 11.5 Å². The number of likely N-dealkylation sites (tertiary alicyclic amines) is 1. The molecule has 0 N–H and O–H groups in total. The molecule has 1 aromatic carbocycles. The van der Waals surface area contributed by atoms with E-state index in [2.05, 4.69) is 73.3 Å². The summed E-state index contributed by atoms with van der Waals surface area (Å²) in [5.74, 6) is 1.71. The standard InChI is InChI=1S/C21H29N3/c1-17(2)16-24-14-8-7-11-20(24)18-12-13-21(22-15-18)23(3)19-9-5-4-6-10-19/h4-6,9-10,12-13,15,17,20H,7-8,11,14,16H2,1-3H3. The highest BCUT2D eigenvalue weighted by molar-refractivity contribution is 5.58. The molecule has 1 atom stereocenters. The monoisotopic (exact) mass is 323 g/mol. The number of hydrogen-bond acceptors (Lipinski definition) is 3. The summed E-state index contributed by atoms with van der Waals surface area (Å²) < 4.78 is 0. The van der Waals surface area contributed by atoms with Gasteiger partial charge in [-0.1, -0.05) is 44.5 Å². The van der Waals surface area contributed by atoms with E-state index in [1.807, 2.05) is 6.07 Å². The van der Waals surface area contributed by atoms with Gasteiger partial charge in [0, 0.05) is 31.5 Å². The largest absolute Gasteiger partial charge is 0.329 e. The second-order valence-electron chi connectivity index (χ2n) is 7.24. The number of anilines is 2. The van der Waals surface area contributed by atoms with Gasteiger partial charge in [-0.25, -0.2) is 4.98 Å². The molecule has 1 fully saturated rings. The summed E-state index contributed by atoms with van der Waals surface area (Å²) >= 11 is 0. The summed E-state index contributed by atoms with van der Waals surface area (Å²) in [6.45, 7) is 7.01. The molecule has 0 bridgehead atoms. The minimum absolute atomic E-state index is 0.532. The molecule has 1 aliphatic rings. The molecule has 1 aliphatic heterocycles. The molecule has 2 aromatic rings. The van der Waals surface area contributed by atoms with Crippen LogP contribution >= 0.6 is 0 Å².